The Labute approximate surface area is 165 Å². The first kappa shape index (κ1) is 19.4. The predicted octanol–water partition coefficient (Wildman–Crippen LogP) is 4.09. The maximum absolute atomic E-state index is 13.5. The number of rotatable bonds is 3. The standard InChI is InChI=1S/C19H13F4N3O2S/c20-12-4-10(3-11(5-12)19(21,22)23)17(27)25-13-6-15-16(24-7-13)1-2-26(18(15)28)14-8-29-9-14/h1-7,14H,8-9H2,(H,25,27). The fraction of sp³-hybridized carbons (Fsp3) is 0.211. The van der Waals surface area contributed by atoms with Gasteiger partial charge in [-0.2, -0.15) is 24.9 Å². The Kier molecular flexibility index (Phi) is 4.81. The van der Waals surface area contributed by atoms with Crippen LogP contribution >= 0.6 is 11.8 Å². The van der Waals surface area contributed by atoms with Crippen LogP contribution in [-0.4, -0.2) is 27.0 Å². The second kappa shape index (κ2) is 7.18. The van der Waals surface area contributed by atoms with E-state index < -0.39 is 29.0 Å². The maximum Gasteiger partial charge on any atom is 0.416 e. The maximum atomic E-state index is 13.5. The number of alkyl halides is 3. The van der Waals surface area contributed by atoms with Gasteiger partial charge in [0, 0.05) is 23.3 Å². The molecular weight excluding hydrogens is 410 g/mol. The summed E-state index contributed by atoms with van der Waals surface area (Å²) in [4.78, 5) is 29.2. The van der Waals surface area contributed by atoms with E-state index in [1.54, 1.807) is 28.6 Å². The lowest BCUT2D eigenvalue weighted by Gasteiger charge is -2.27. The molecule has 1 saturated heterocycles. The number of thioether (sulfide) groups is 1. The number of hydrogen-bond acceptors (Lipinski definition) is 4. The number of benzene rings is 1. The van der Waals surface area contributed by atoms with E-state index in [2.05, 4.69) is 10.3 Å². The number of carbonyl (C=O) groups excluding carboxylic acids is 1. The highest BCUT2D eigenvalue weighted by molar-refractivity contribution is 8.00. The van der Waals surface area contributed by atoms with Crippen LogP contribution in [-0.2, 0) is 6.18 Å². The van der Waals surface area contributed by atoms with Crippen LogP contribution in [0.15, 0.2) is 47.5 Å². The largest absolute Gasteiger partial charge is 0.416 e. The number of fused-ring (bicyclic) bond motifs is 1. The van der Waals surface area contributed by atoms with Crippen molar-refractivity contribution >= 4 is 34.3 Å². The van der Waals surface area contributed by atoms with Gasteiger partial charge in [0.25, 0.3) is 11.5 Å². The minimum atomic E-state index is -4.79. The molecule has 3 aromatic rings. The molecule has 1 fully saturated rings. The van der Waals surface area contributed by atoms with Crippen molar-refractivity contribution in [1.82, 2.24) is 9.55 Å². The molecule has 2 aromatic heterocycles. The van der Waals surface area contributed by atoms with E-state index in [0.29, 0.717) is 23.7 Å². The van der Waals surface area contributed by atoms with E-state index in [0.717, 1.165) is 11.5 Å². The molecule has 10 heteroatoms. The number of nitrogens with zero attached hydrogens (tertiary/aromatic N) is 2. The quantitative estimate of drug-likeness (QED) is 0.645. The molecule has 0 saturated carbocycles. The van der Waals surface area contributed by atoms with Crippen molar-refractivity contribution in [2.75, 3.05) is 16.8 Å². The summed E-state index contributed by atoms with van der Waals surface area (Å²) in [6.45, 7) is 0. The van der Waals surface area contributed by atoms with Gasteiger partial charge < -0.3 is 9.88 Å². The average molecular weight is 423 g/mol. The molecular formula is C19H13F4N3O2S. The van der Waals surface area contributed by atoms with E-state index in [4.69, 9.17) is 0 Å². The lowest BCUT2D eigenvalue weighted by molar-refractivity contribution is -0.137. The molecule has 3 heterocycles. The molecule has 0 aliphatic carbocycles. The van der Waals surface area contributed by atoms with Gasteiger partial charge in [0.05, 0.1) is 34.4 Å². The molecule has 5 nitrogen and oxygen atoms in total. The van der Waals surface area contributed by atoms with E-state index in [1.807, 2.05) is 0 Å². The monoisotopic (exact) mass is 423 g/mol. The molecule has 29 heavy (non-hydrogen) atoms. The number of aromatic nitrogens is 2. The Morgan fingerprint density at radius 3 is 2.62 bits per heavy atom. The molecule has 0 spiro atoms. The van der Waals surface area contributed by atoms with Crippen LogP contribution < -0.4 is 10.9 Å². The number of carbonyl (C=O) groups is 1. The summed E-state index contributed by atoms with van der Waals surface area (Å²) in [7, 11) is 0. The van der Waals surface area contributed by atoms with E-state index in [9.17, 15) is 27.2 Å². The predicted molar refractivity (Wildman–Crippen MR) is 102 cm³/mol. The number of pyridine rings is 2. The second-order valence-corrected chi connectivity index (χ2v) is 7.63. The van der Waals surface area contributed by atoms with E-state index in [1.165, 1.54) is 12.3 Å². The first-order valence-corrected chi connectivity index (χ1v) is 9.65. The lowest BCUT2D eigenvalue weighted by atomic mass is 10.1. The number of nitrogens with one attached hydrogen (secondary N) is 1. The Bertz CT molecular complexity index is 1170. The number of hydrogen-bond donors (Lipinski definition) is 1. The van der Waals surface area contributed by atoms with E-state index >= 15 is 0 Å². The third-order valence-electron chi connectivity index (χ3n) is 4.54. The van der Waals surface area contributed by atoms with Gasteiger partial charge in [0.15, 0.2) is 0 Å². The molecule has 1 N–H and O–H groups in total. The summed E-state index contributed by atoms with van der Waals surface area (Å²) >= 11 is 1.72. The summed E-state index contributed by atoms with van der Waals surface area (Å²) < 4.78 is 53.7. The fourth-order valence-electron chi connectivity index (χ4n) is 2.96. The Morgan fingerprint density at radius 2 is 1.97 bits per heavy atom. The van der Waals surface area contributed by atoms with Gasteiger partial charge in [-0.3, -0.25) is 14.6 Å². The normalized spacial score (nSPS) is 14.6. The van der Waals surface area contributed by atoms with Gasteiger partial charge in [0.1, 0.15) is 5.82 Å². The van der Waals surface area contributed by atoms with Gasteiger partial charge in [-0.1, -0.05) is 0 Å². The topological polar surface area (TPSA) is 64.0 Å². The van der Waals surface area contributed by atoms with Crippen LogP contribution in [0, 0.1) is 5.82 Å². The van der Waals surface area contributed by atoms with Crippen LogP contribution in [0.4, 0.5) is 23.2 Å². The number of anilines is 1. The first-order valence-electron chi connectivity index (χ1n) is 8.50. The van der Waals surface area contributed by atoms with Crippen LogP contribution in [0.3, 0.4) is 0 Å². The van der Waals surface area contributed by atoms with Crippen molar-refractivity contribution in [1.29, 1.82) is 0 Å². The summed E-state index contributed by atoms with van der Waals surface area (Å²) in [5.41, 5.74) is -1.46. The van der Waals surface area contributed by atoms with Crippen LogP contribution in [0.1, 0.15) is 22.0 Å². The number of amides is 1. The van der Waals surface area contributed by atoms with Crippen LogP contribution in [0.2, 0.25) is 0 Å². The van der Waals surface area contributed by atoms with Gasteiger partial charge in [-0.25, -0.2) is 4.39 Å². The summed E-state index contributed by atoms with van der Waals surface area (Å²) in [6, 6.07) is 4.79. The fourth-order valence-corrected chi connectivity index (χ4v) is 3.73. The van der Waals surface area contributed by atoms with Crippen molar-refractivity contribution in [2.24, 2.45) is 0 Å². The molecule has 0 bridgehead atoms. The minimum Gasteiger partial charge on any atom is -0.321 e. The first-order chi connectivity index (χ1) is 13.7. The minimum absolute atomic E-state index is 0.100. The lowest BCUT2D eigenvalue weighted by Crippen LogP contribution is -2.32. The van der Waals surface area contributed by atoms with Gasteiger partial charge >= 0.3 is 6.18 Å². The molecule has 0 unspecified atom stereocenters. The molecule has 150 valence electrons. The molecule has 1 aliphatic rings. The van der Waals surface area contributed by atoms with E-state index in [-0.39, 0.29) is 22.7 Å². The van der Waals surface area contributed by atoms with Crippen molar-refractivity contribution < 1.29 is 22.4 Å². The highest BCUT2D eigenvalue weighted by Gasteiger charge is 2.32. The number of halogens is 4. The highest BCUT2D eigenvalue weighted by Crippen LogP contribution is 2.31. The molecule has 1 aromatic carbocycles. The zero-order valence-electron chi connectivity index (χ0n) is 14.7. The Hall–Kier alpha value is -2.88. The second-order valence-electron chi connectivity index (χ2n) is 6.56. The Morgan fingerprint density at radius 1 is 1.21 bits per heavy atom. The van der Waals surface area contributed by atoms with Gasteiger partial charge in [-0.15, -0.1) is 0 Å². The zero-order chi connectivity index (χ0) is 20.8. The summed E-state index contributed by atoms with van der Waals surface area (Å²) in [6.07, 6.45) is -1.83. The average Bonchev–Trinajstić information content (AvgIpc) is 2.61. The third-order valence-corrected chi connectivity index (χ3v) is 5.78. The molecule has 1 aliphatic heterocycles. The summed E-state index contributed by atoms with van der Waals surface area (Å²) in [5, 5.41) is 2.65. The smallest absolute Gasteiger partial charge is 0.321 e. The zero-order valence-corrected chi connectivity index (χ0v) is 15.5. The van der Waals surface area contributed by atoms with Crippen molar-refractivity contribution in [2.45, 2.75) is 12.2 Å². The van der Waals surface area contributed by atoms with Gasteiger partial charge in [-0.05, 0) is 30.3 Å². The van der Waals surface area contributed by atoms with Crippen LogP contribution in [0.5, 0.6) is 0 Å². The summed E-state index contributed by atoms with van der Waals surface area (Å²) in [5.74, 6) is -0.460. The highest BCUT2D eigenvalue weighted by atomic mass is 32.2. The SMILES string of the molecule is O=C(Nc1cnc2ccn(C3CSC3)c(=O)c2c1)c1cc(F)cc(C(F)(F)F)c1. The van der Waals surface area contributed by atoms with Crippen LogP contribution in [0.25, 0.3) is 10.9 Å². The molecule has 0 atom stereocenters. The molecule has 1 amide bonds. The van der Waals surface area contributed by atoms with Crippen molar-refractivity contribution in [3.05, 3.63) is 70.0 Å². The third kappa shape index (κ3) is 3.84. The molecule has 0 radical (unpaired) electrons. The molecule has 4 rings (SSSR count). The Balaban J connectivity index is 1.65. The van der Waals surface area contributed by atoms with Crippen molar-refractivity contribution in [3.8, 4) is 0 Å². The van der Waals surface area contributed by atoms with Gasteiger partial charge in [0.2, 0.25) is 0 Å². The van der Waals surface area contributed by atoms with Crippen molar-refractivity contribution in [3.63, 3.8) is 0 Å².